The van der Waals surface area contributed by atoms with Gasteiger partial charge in [0.25, 0.3) is 0 Å². The minimum absolute atomic E-state index is 0.323. The fraction of sp³-hybridized carbons (Fsp3) is 0. The van der Waals surface area contributed by atoms with E-state index in [0.29, 0.717) is 14.7 Å². The normalized spacial score (nSPS) is 10.3. The van der Waals surface area contributed by atoms with Gasteiger partial charge in [0, 0.05) is 11.1 Å². The van der Waals surface area contributed by atoms with Crippen LogP contribution in [0.15, 0.2) is 42.5 Å². The Morgan fingerprint density at radius 3 is 2.07 bits per heavy atom. The highest BCUT2D eigenvalue weighted by atomic mass is 127. The van der Waals surface area contributed by atoms with E-state index in [1.807, 2.05) is 22.6 Å². The van der Waals surface area contributed by atoms with E-state index in [4.69, 9.17) is 0 Å². The van der Waals surface area contributed by atoms with Crippen LogP contribution in [-0.4, -0.2) is 0 Å². The highest BCUT2D eigenvalue weighted by Gasteiger charge is 2.10. The van der Waals surface area contributed by atoms with E-state index in [1.54, 1.807) is 30.3 Å². The molecule has 2 aromatic carbocycles. The highest BCUT2D eigenvalue weighted by Crippen LogP contribution is 2.28. The van der Waals surface area contributed by atoms with Crippen molar-refractivity contribution in [2.24, 2.45) is 0 Å². The molecule has 0 aliphatic rings. The summed E-state index contributed by atoms with van der Waals surface area (Å²) in [5.41, 5.74) is 1.02. The van der Waals surface area contributed by atoms with Crippen molar-refractivity contribution in [2.45, 2.75) is 0 Å². The van der Waals surface area contributed by atoms with Gasteiger partial charge >= 0.3 is 0 Å². The van der Waals surface area contributed by atoms with Crippen LogP contribution in [0.3, 0.4) is 0 Å². The predicted molar refractivity (Wildman–Crippen MR) is 64.5 cm³/mol. The third-order valence-corrected chi connectivity index (χ3v) is 3.21. The number of hydrogen-bond acceptors (Lipinski definition) is 0. The molecule has 0 atom stereocenters. The van der Waals surface area contributed by atoms with Crippen molar-refractivity contribution >= 4 is 22.6 Å². The Morgan fingerprint density at radius 1 is 0.733 bits per heavy atom. The first-order valence-corrected chi connectivity index (χ1v) is 5.47. The lowest BCUT2D eigenvalue weighted by atomic mass is 10.1. The lowest BCUT2D eigenvalue weighted by Gasteiger charge is -2.06. The van der Waals surface area contributed by atoms with Crippen LogP contribution in [0, 0.1) is 15.2 Å². The van der Waals surface area contributed by atoms with E-state index in [9.17, 15) is 8.78 Å². The second kappa shape index (κ2) is 4.26. The molecule has 0 aromatic heterocycles. The third-order valence-electron chi connectivity index (χ3n) is 2.12. The summed E-state index contributed by atoms with van der Waals surface area (Å²) in [6.07, 6.45) is 0. The zero-order chi connectivity index (χ0) is 10.8. The molecule has 15 heavy (non-hydrogen) atoms. The summed E-state index contributed by atoms with van der Waals surface area (Å²) in [6.45, 7) is 0. The highest BCUT2D eigenvalue weighted by molar-refractivity contribution is 14.1. The van der Waals surface area contributed by atoms with E-state index in [1.165, 1.54) is 12.1 Å². The first kappa shape index (κ1) is 10.5. The molecular weight excluding hydrogens is 309 g/mol. The van der Waals surface area contributed by atoms with Gasteiger partial charge < -0.3 is 0 Å². The second-order valence-corrected chi connectivity index (χ2v) is 4.16. The monoisotopic (exact) mass is 316 g/mol. The molecular formula is C12H7F2I. The Balaban J connectivity index is 2.65. The van der Waals surface area contributed by atoms with E-state index < -0.39 is 0 Å². The van der Waals surface area contributed by atoms with Crippen LogP contribution in [-0.2, 0) is 0 Å². The summed E-state index contributed by atoms with van der Waals surface area (Å²) in [7, 11) is 0. The topological polar surface area (TPSA) is 0 Å². The van der Waals surface area contributed by atoms with Gasteiger partial charge in [-0.3, -0.25) is 0 Å². The van der Waals surface area contributed by atoms with Gasteiger partial charge in [-0.05, 0) is 34.7 Å². The van der Waals surface area contributed by atoms with E-state index >= 15 is 0 Å². The molecule has 0 aliphatic heterocycles. The van der Waals surface area contributed by atoms with Crippen molar-refractivity contribution in [2.75, 3.05) is 0 Å². The Morgan fingerprint density at radius 2 is 1.33 bits per heavy atom. The maximum Gasteiger partial charge on any atom is 0.137 e. The van der Waals surface area contributed by atoms with Gasteiger partial charge in [0.05, 0.1) is 3.57 Å². The molecule has 0 amide bonds. The molecule has 0 fully saturated rings. The van der Waals surface area contributed by atoms with Crippen molar-refractivity contribution in [3.05, 3.63) is 57.7 Å². The van der Waals surface area contributed by atoms with Crippen LogP contribution >= 0.6 is 22.6 Å². The van der Waals surface area contributed by atoms with Crippen molar-refractivity contribution in [1.82, 2.24) is 0 Å². The van der Waals surface area contributed by atoms with Gasteiger partial charge in [-0.2, -0.15) is 0 Å². The predicted octanol–water partition coefficient (Wildman–Crippen LogP) is 4.24. The Hall–Kier alpha value is -0.970. The third kappa shape index (κ3) is 2.02. The van der Waals surface area contributed by atoms with Crippen molar-refractivity contribution in [3.8, 4) is 11.1 Å². The summed E-state index contributed by atoms with van der Waals surface area (Å²) < 4.78 is 27.2. The lowest BCUT2D eigenvalue weighted by molar-refractivity contribution is 0.618. The SMILES string of the molecule is Fc1ccccc1-c1cccc(F)c1I. The van der Waals surface area contributed by atoms with Crippen LogP contribution < -0.4 is 0 Å². The van der Waals surface area contributed by atoms with Crippen LogP contribution in [0.25, 0.3) is 11.1 Å². The van der Waals surface area contributed by atoms with Crippen molar-refractivity contribution < 1.29 is 8.78 Å². The van der Waals surface area contributed by atoms with Gasteiger partial charge in [0.15, 0.2) is 0 Å². The van der Waals surface area contributed by atoms with Crippen molar-refractivity contribution in [1.29, 1.82) is 0 Å². The van der Waals surface area contributed by atoms with Gasteiger partial charge in [-0.25, -0.2) is 8.78 Å². The van der Waals surface area contributed by atoms with Crippen LogP contribution in [0.2, 0.25) is 0 Å². The molecule has 0 N–H and O–H groups in total. The molecule has 0 heterocycles. The molecule has 3 heteroatoms. The van der Waals surface area contributed by atoms with Crippen LogP contribution in [0.4, 0.5) is 8.78 Å². The molecule has 0 saturated heterocycles. The Bertz CT molecular complexity index is 495. The van der Waals surface area contributed by atoms with Gasteiger partial charge in [0.1, 0.15) is 11.6 Å². The van der Waals surface area contributed by atoms with Crippen LogP contribution in [0.5, 0.6) is 0 Å². The number of hydrogen-bond donors (Lipinski definition) is 0. The second-order valence-electron chi connectivity index (χ2n) is 3.08. The zero-order valence-electron chi connectivity index (χ0n) is 7.68. The van der Waals surface area contributed by atoms with Gasteiger partial charge in [-0.1, -0.05) is 30.3 Å². The van der Waals surface area contributed by atoms with Gasteiger partial charge in [0.2, 0.25) is 0 Å². The standard InChI is InChI=1S/C12H7F2I/c13-10-6-2-1-4-8(10)9-5-3-7-11(14)12(9)15/h1-7H. The molecule has 2 aromatic rings. The molecule has 0 nitrogen and oxygen atoms in total. The average molecular weight is 316 g/mol. The first-order chi connectivity index (χ1) is 7.20. The summed E-state index contributed by atoms with van der Waals surface area (Å²) in [5.74, 6) is -0.655. The van der Waals surface area contributed by atoms with E-state index in [2.05, 4.69) is 0 Å². The number of benzene rings is 2. The summed E-state index contributed by atoms with van der Waals surface area (Å²) in [5, 5.41) is 0. The minimum atomic E-state index is -0.332. The number of halogens is 3. The van der Waals surface area contributed by atoms with Gasteiger partial charge in [-0.15, -0.1) is 0 Å². The molecule has 0 aliphatic carbocycles. The molecule has 2 rings (SSSR count). The summed E-state index contributed by atoms with van der Waals surface area (Å²) in [6, 6.07) is 11.0. The van der Waals surface area contributed by atoms with E-state index in [0.717, 1.165) is 0 Å². The first-order valence-electron chi connectivity index (χ1n) is 4.39. The zero-order valence-corrected chi connectivity index (χ0v) is 9.83. The average Bonchev–Trinajstić information content (AvgIpc) is 2.23. The summed E-state index contributed by atoms with van der Waals surface area (Å²) >= 11 is 1.88. The molecule has 0 spiro atoms. The van der Waals surface area contributed by atoms with Crippen LogP contribution in [0.1, 0.15) is 0 Å². The molecule has 0 unspecified atom stereocenters. The van der Waals surface area contributed by atoms with E-state index in [-0.39, 0.29) is 11.6 Å². The number of rotatable bonds is 1. The smallest absolute Gasteiger partial charge is 0.137 e. The fourth-order valence-corrected chi connectivity index (χ4v) is 2.04. The maximum atomic E-state index is 13.5. The Kier molecular flexibility index (Phi) is 3.00. The molecule has 0 saturated carbocycles. The lowest BCUT2D eigenvalue weighted by Crippen LogP contribution is -1.90. The largest absolute Gasteiger partial charge is 0.206 e. The molecule has 0 bridgehead atoms. The maximum absolute atomic E-state index is 13.5. The summed E-state index contributed by atoms with van der Waals surface area (Å²) in [4.78, 5) is 0. The molecule has 76 valence electrons. The Labute approximate surface area is 100 Å². The quantitative estimate of drug-likeness (QED) is 0.691. The minimum Gasteiger partial charge on any atom is -0.206 e. The van der Waals surface area contributed by atoms with Crippen molar-refractivity contribution in [3.63, 3.8) is 0 Å². The fourth-order valence-electron chi connectivity index (χ4n) is 1.39. The molecule has 0 radical (unpaired) electrons.